The minimum Gasteiger partial charge on any atom is -0.337 e. The van der Waals surface area contributed by atoms with Crippen LogP contribution in [0.3, 0.4) is 0 Å². The molecular formula is C24H18ClN3O3. The minimum atomic E-state index is -0.443. The second-order valence-corrected chi connectivity index (χ2v) is 7.58. The molecule has 1 N–H and O–H groups in total. The number of anilines is 1. The van der Waals surface area contributed by atoms with Gasteiger partial charge >= 0.3 is 0 Å². The molecule has 2 heterocycles. The van der Waals surface area contributed by atoms with Crippen LogP contribution in [0, 0.1) is 6.92 Å². The molecule has 4 aromatic rings. The standard InChI is InChI=1S/C24H18ClN3O3/c1-15-2-5-18(6-3-15)27-22(29)14-28-13-20(23(30)16-8-10-26-11-9-16)24(31)19-12-17(25)4-7-21(19)28/h2-13H,14H2,1H3,(H,27,29). The first-order chi connectivity index (χ1) is 14.9. The maximum Gasteiger partial charge on any atom is 0.244 e. The molecule has 6 nitrogen and oxygen atoms in total. The van der Waals surface area contributed by atoms with E-state index in [0.717, 1.165) is 5.56 Å². The Morgan fingerprint density at radius 1 is 1.03 bits per heavy atom. The number of halogens is 1. The van der Waals surface area contributed by atoms with E-state index in [-0.39, 0.29) is 23.4 Å². The summed E-state index contributed by atoms with van der Waals surface area (Å²) in [7, 11) is 0. The van der Waals surface area contributed by atoms with Gasteiger partial charge < -0.3 is 9.88 Å². The number of nitrogens with zero attached hydrogens (tertiary/aromatic N) is 2. The van der Waals surface area contributed by atoms with E-state index in [0.29, 0.717) is 21.8 Å². The summed E-state index contributed by atoms with van der Waals surface area (Å²) < 4.78 is 1.59. The van der Waals surface area contributed by atoms with Gasteiger partial charge in [-0.25, -0.2) is 0 Å². The number of hydrogen-bond donors (Lipinski definition) is 1. The molecule has 0 aliphatic heterocycles. The summed E-state index contributed by atoms with van der Waals surface area (Å²) in [4.78, 5) is 42.6. The summed E-state index contributed by atoms with van der Waals surface area (Å²) in [6, 6.07) is 15.3. The second kappa shape index (κ2) is 8.53. The molecule has 1 amide bonds. The largest absolute Gasteiger partial charge is 0.337 e. The quantitative estimate of drug-likeness (QED) is 0.479. The number of amides is 1. The van der Waals surface area contributed by atoms with Crippen molar-refractivity contribution >= 4 is 39.9 Å². The zero-order valence-electron chi connectivity index (χ0n) is 16.6. The Bertz CT molecular complexity index is 1350. The molecule has 154 valence electrons. The van der Waals surface area contributed by atoms with Crippen LogP contribution in [0.1, 0.15) is 21.5 Å². The van der Waals surface area contributed by atoms with Crippen molar-refractivity contribution in [2.24, 2.45) is 0 Å². The first-order valence-electron chi connectivity index (χ1n) is 9.56. The Morgan fingerprint density at radius 3 is 2.45 bits per heavy atom. The maximum atomic E-state index is 13.0. The van der Waals surface area contributed by atoms with Crippen LogP contribution < -0.4 is 10.7 Å². The van der Waals surface area contributed by atoms with E-state index < -0.39 is 11.2 Å². The third kappa shape index (κ3) is 4.39. The average Bonchev–Trinajstić information content (AvgIpc) is 2.77. The van der Waals surface area contributed by atoms with Crippen LogP contribution in [0.4, 0.5) is 5.69 Å². The van der Waals surface area contributed by atoms with Crippen molar-refractivity contribution in [3.63, 3.8) is 0 Å². The van der Waals surface area contributed by atoms with E-state index in [9.17, 15) is 14.4 Å². The molecule has 0 spiro atoms. The van der Waals surface area contributed by atoms with Gasteiger partial charge in [0.05, 0.1) is 11.1 Å². The van der Waals surface area contributed by atoms with Gasteiger partial charge in [0.1, 0.15) is 6.54 Å². The summed E-state index contributed by atoms with van der Waals surface area (Å²) >= 11 is 6.10. The maximum absolute atomic E-state index is 13.0. The first-order valence-corrected chi connectivity index (χ1v) is 9.94. The number of pyridine rings is 2. The number of aromatic nitrogens is 2. The van der Waals surface area contributed by atoms with E-state index in [4.69, 9.17) is 11.6 Å². The second-order valence-electron chi connectivity index (χ2n) is 7.14. The van der Waals surface area contributed by atoms with Crippen LogP contribution in [0.15, 0.2) is 78.0 Å². The fourth-order valence-corrected chi connectivity index (χ4v) is 3.49. The lowest BCUT2D eigenvalue weighted by Gasteiger charge is -2.14. The number of benzene rings is 2. The SMILES string of the molecule is Cc1ccc(NC(=O)Cn2cc(C(=O)c3ccncc3)c(=O)c3cc(Cl)ccc32)cc1. The number of nitrogens with one attached hydrogen (secondary N) is 1. The number of carbonyl (C=O) groups is 2. The normalized spacial score (nSPS) is 10.8. The van der Waals surface area contributed by atoms with Crippen LogP contribution in [-0.4, -0.2) is 21.2 Å². The monoisotopic (exact) mass is 431 g/mol. The van der Waals surface area contributed by atoms with Crippen LogP contribution in [0.2, 0.25) is 5.02 Å². The smallest absolute Gasteiger partial charge is 0.244 e. The van der Waals surface area contributed by atoms with E-state index in [1.165, 1.54) is 24.7 Å². The third-order valence-corrected chi connectivity index (χ3v) is 5.11. The Morgan fingerprint density at radius 2 is 1.74 bits per heavy atom. The predicted octanol–water partition coefficient (Wildman–Crippen LogP) is 4.23. The van der Waals surface area contributed by atoms with E-state index >= 15 is 0 Å². The highest BCUT2D eigenvalue weighted by Gasteiger charge is 2.18. The van der Waals surface area contributed by atoms with Crippen molar-refractivity contribution in [1.29, 1.82) is 0 Å². The number of ketones is 1. The van der Waals surface area contributed by atoms with Crippen molar-refractivity contribution in [3.8, 4) is 0 Å². The first kappa shape index (κ1) is 20.5. The summed E-state index contributed by atoms with van der Waals surface area (Å²) in [5.74, 6) is -0.729. The van der Waals surface area contributed by atoms with Crippen molar-refractivity contribution in [1.82, 2.24) is 9.55 Å². The molecule has 31 heavy (non-hydrogen) atoms. The lowest BCUT2D eigenvalue weighted by atomic mass is 10.0. The highest BCUT2D eigenvalue weighted by molar-refractivity contribution is 6.31. The molecular weight excluding hydrogens is 414 g/mol. The van der Waals surface area contributed by atoms with Gasteiger partial charge in [0, 0.05) is 40.3 Å². The fourth-order valence-electron chi connectivity index (χ4n) is 3.31. The van der Waals surface area contributed by atoms with Crippen molar-refractivity contribution < 1.29 is 9.59 Å². The lowest BCUT2D eigenvalue weighted by Crippen LogP contribution is -2.24. The summed E-state index contributed by atoms with van der Waals surface area (Å²) in [6.07, 6.45) is 4.40. The molecule has 0 bridgehead atoms. The molecule has 0 unspecified atom stereocenters. The Labute approximate surface area is 183 Å². The summed E-state index contributed by atoms with van der Waals surface area (Å²) in [6.45, 7) is 1.88. The molecule has 0 aliphatic carbocycles. The molecule has 7 heteroatoms. The highest BCUT2D eigenvalue weighted by Crippen LogP contribution is 2.19. The predicted molar refractivity (Wildman–Crippen MR) is 121 cm³/mol. The lowest BCUT2D eigenvalue weighted by molar-refractivity contribution is -0.116. The zero-order chi connectivity index (χ0) is 22.0. The molecule has 4 rings (SSSR count). The Balaban J connectivity index is 1.76. The van der Waals surface area contributed by atoms with Gasteiger partial charge in [-0.05, 0) is 49.4 Å². The Kier molecular flexibility index (Phi) is 5.64. The van der Waals surface area contributed by atoms with E-state index in [1.54, 1.807) is 28.8 Å². The molecule has 0 fully saturated rings. The van der Waals surface area contributed by atoms with E-state index in [2.05, 4.69) is 10.3 Å². The van der Waals surface area contributed by atoms with Gasteiger partial charge in [-0.1, -0.05) is 29.3 Å². The van der Waals surface area contributed by atoms with Crippen molar-refractivity contribution in [2.45, 2.75) is 13.5 Å². The average molecular weight is 432 g/mol. The topological polar surface area (TPSA) is 81.1 Å². The van der Waals surface area contributed by atoms with Gasteiger partial charge in [-0.15, -0.1) is 0 Å². The zero-order valence-corrected chi connectivity index (χ0v) is 17.4. The van der Waals surface area contributed by atoms with Gasteiger partial charge in [0.2, 0.25) is 11.3 Å². The molecule has 2 aromatic carbocycles. The van der Waals surface area contributed by atoms with Crippen LogP contribution >= 0.6 is 11.6 Å². The number of rotatable bonds is 5. The fraction of sp³-hybridized carbons (Fsp3) is 0.0833. The molecule has 0 saturated heterocycles. The van der Waals surface area contributed by atoms with Gasteiger partial charge in [-0.2, -0.15) is 0 Å². The number of aryl methyl sites for hydroxylation is 1. The van der Waals surface area contributed by atoms with Crippen molar-refractivity contribution in [3.05, 3.63) is 105 Å². The minimum absolute atomic E-state index is 0.0379. The van der Waals surface area contributed by atoms with Crippen LogP contribution in [-0.2, 0) is 11.3 Å². The molecule has 0 radical (unpaired) electrons. The Hall–Kier alpha value is -3.77. The molecule has 0 atom stereocenters. The van der Waals surface area contributed by atoms with Crippen LogP contribution in [0.25, 0.3) is 10.9 Å². The highest BCUT2D eigenvalue weighted by atomic mass is 35.5. The summed E-state index contributed by atoms with van der Waals surface area (Å²) in [5, 5.41) is 3.47. The van der Waals surface area contributed by atoms with E-state index in [1.807, 2.05) is 31.2 Å². The van der Waals surface area contributed by atoms with Gasteiger partial charge in [0.25, 0.3) is 0 Å². The number of carbonyl (C=O) groups excluding carboxylic acids is 2. The van der Waals surface area contributed by atoms with Crippen LogP contribution in [0.5, 0.6) is 0 Å². The number of hydrogen-bond acceptors (Lipinski definition) is 4. The molecule has 2 aromatic heterocycles. The third-order valence-electron chi connectivity index (χ3n) is 4.88. The molecule has 0 aliphatic rings. The van der Waals surface area contributed by atoms with Gasteiger partial charge in [-0.3, -0.25) is 19.4 Å². The van der Waals surface area contributed by atoms with Crippen molar-refractivity contribution in [2.75, 3.05) is 5.32 Å². The molecule has 0 saturated carbocycles. The number of fused-ring (bicyclic) bond motifs is 1. The summed E-state index contributed by atoms with van der Waals surface area (Å²) in [5.41, 5.74) is 2.13. The van der Waals surface area contributed by atoms with Gasteiger partial charge in [0.15, 0.2) is 5.78 Å².